The summed E-state index contributed by atoms with van der Waals surface area (Å²) in [7, 11) is -3.86. The lowest BCUT2D eigenvalue weighted by molar-refractivity contribution is 0.486. The number of aliphatic imine (C=N–C) groups is 1. The van der Waals surface area contributed by atoms with Gasteiger partial charge in [0, 0.05) is 15.2 Å². The Morgan fingerprint density at radius 1 is 0.769 bits per heavy atom. The van der Waals surface area contributed by atoms with Gasteiger partial charge >= 0.3 is 10.1 Å². The molecule has 0 heterocycles. The van der Waals surface area contributed by atoms with Gasteiger partial charge in [0.2, 0.25) is 0 Å². The van der Waals surface area contributed by atoms with Crippen LogP contribution in [0.3, 0.4) is 0 Å². The van der Waals surface area contributed by atoms with E-state index in [2.05, 4.69) is 36.9 Å². The molecular weight excluding hydrogens is 482 g/mol. The second-order valence-electron chi connectivity index (χ2n) is 5.30. The highest BCUT2D eigenvalue weighted by molar-refractivity contribution is 9.10. The minimum Gasteiger partial charge on any atom is -0.379 e. The molecule has 132 valence electrons. The summed E-state index contributed by atoms with van der Waals surface area (Å²) in [6.45, 7) is 0. The molecule has 0 saturated carbocycles. The van der Waals surface area contributed by atoms with E-state index in [-0.39, 0.29) is 10.6 Å². The summed E-state index contributed by atoms with van der Waals surface area (Å²) in [6.07, 6.45) is 1.70. The Morgan fingerprint density at radius 3 is 1.88 bits per heavy atom. The first-order chi connectivity index (χ1) is 12.4. The first kappa shape index (κ1) is 18.8. The smallest absolute Gasteiger partial charge is 0.339 e. The summed E-state index contributed by atoms with van der Waals surface area (Å²) in [4.78, 5) is 4.47. The second-order valence-corrected chi connectivity index (χ2v) is 8.67. The van der Waals surface area contributed by atoms with Crippen molar-refractivity contribution < 1.29 is 12.6 Å². The third kappa shape index (κ3) is 5.03. The molecule has 0 spiro atoms. The van der Waals surface area contributed by atoms with E-state index < -0.39 is 10.1 Å². The van der Waals surface area contributed by atoms with Crippen LogP contribution in [0.1, 0.15) is 5.56 Å². The van der Waals surface area contributed by atoms with Gasteiger partial charge in [-0.15, -0.1) is 0 Å². The number of benzene rings is 3. The van der Waals surface area contributed by atoms with Gasteiger partial charge in [-0.2, -0.15) is 8.42 Å². The molecule has 0 N–H and O–H groups in total. The SMILES string of the molecule is O=S(=O)(Oc1ccc(C=Nc2ccc(Br)cc2)cc1)c1ccc(Br)cc1. The number of nitrogens with zero attached hydrogens (tertiary/aromatic N) is 1. The van der Waals surface area contributed by atoms with Gasteiger partial charge in [-0.1, -0.05) is 31.9 Å². The van der Waals surface area contributed by atoms with Gasteiger partial charge in [-0.05, 0) is 78.4 Å². The average molecular weight is 495 g/mol. The van der Waals surface area contributed by atoms with Crippen molar-refractivity contribution in [3.63, 3.8) is 0 Å². The van der Waals surface area contributed by atoms with Crippen LogP contribution in [0.5, 0.6) is 5.75 Å². The van der Waals surface area contributed by atoms with Crippen molar-refractivity contribution in [2.45, 2.75) is 4.90 Å². The van der Waals surface area contributed by atoms with Gasteiger partial charge in [-0.25, -0.2) is 0 Å². The van der Waals surface area contributed by atoms with Crippen molar-refractivity contribution in [3.8, 4) is 5.75 Å². The molecule has 0 amide bonds. The van der Waals surface area contributed by atoms with Crippen LogP contribution >= 0.6 is 31.9 Å². The molecule has 0 saturated heterocycles. The Kier molecular flexibility index (Phi) is 5.90. The van der Waals surface area contributed by atoms with Gasteiger partial charge in [0.25, 0.3) is 0 Å². The van der Waals surface area contributed by atoms with E-state index in [4.69, 9.17) is 4.18 Å². The number of hydrogen-bond acceptors (Lipinski definition) is 4. The van der Waals surface area contributed by atoms with E-state index in [1.807, 2.05) is 24.3 Å². The highest BCUT2D eigenvalue weighted by atomic mass is 79.9. The third-order valence-corrected chi connectivity index (χ3v) is 5.70. The molecule has 0 aliphatic rings. The largest absolute Gasteiger partial charge is 0.379 e. The number of halogens is 2. The van der Waals surface area contributed by atoms with Gasteiger partial charge < -0.3 is 4.18 Å². The molecule has 0 fully saturated rings. The summed E-state index contributed by atoms with van der Waals surface area (Å²) < 4.78 is 31.5. The van der Waals surface area contributed by atoms with Crippen LogP contribution < -0.4 is 4.18 Å². The lowest BCUT2D eigenvalue weighted by atomic mass is 10.2. The minimum absolute atomic E-state index is 0.0987. The quantitative estimate of drug-likeness (QED) is 0.336. The van der Waals surface area contributed by atoms with Crippen LogP contribution in [-0.2, 0) is 10.1 Å². The highest BCUT2D eigenvalue weighted by Crippen LogP contribution is 2.21. The zero-order valence-electron chi connectivity index (χ0n) is 13.3. The van der Waals surface area contributed by atoms with Crippen LogP contribution in [0.25, 0.3) is 0 Å². The third-order valence-electron chi connectivity index (χ3n) is 3.38. The number of rotatable bonds is 5. The average Bonchev–Trinajstić information content (AvgIpc) is 2.62. The molecule has 26 heavy (non-hydrogen) atoms. The van der Waals surface area contributed by atoms with Crippen LogP contribution in [0, 0.1) is 0 Å². The van der Waals surface area contributed by atoms with Crippen molar-refractivity contribution in [1.82, 2.24) is 0 Å². The Hall–Kier alpha value is -1.96. The first-order valence-electron chi connectivity index (χ1n) is 7.52. The van der Waals surface area contributed by atoms with Crippen LogP contribution in [-0.4, -0.2) is 14.6 Å². The lowest BCUT2D eigenvalue weighted by Gasteiger charge is -2.07. The van der Waals surface area contributed by atoms with Crippen molar-refractivity contribution in [2.75, 3.05) is 0 Å². The molecule has 4 nitrogen and oxygen atoms in total. The monoisotopic (exact) mass is 493 g/mol. The summed E-state index contributed by atoms with van der Waals surface area (Å²) in [5.41, 5.74) is 1.66. The fourth-order valence-electron chi connectivity index (χ4n) is 2.06. The van der Waals surface area contributed by atoms with Crippen molar-refractivity contribution in [2.24, 2.45) is 4.99 Å². The molecule has 0 radical (unpaired) electrons. The van der Waals surface area contributed by atoms with E-state index >= 15 is 0 Å². The maximum atomic E-state index is 12.3. The van der Waals surface area contributed by atoms with Gasteiger partial charge in [0.15, 0.2) is 0 Å². The predicted octanol–water partition coefficient (Wildman–Crippen LogP) is 5.73. The summed E-state index contributed by atoms with van der Waals surface area (Å²) in [6, 6.07) is 20.6. The summed E-state index contributed by atoms with van der Waals surface area (Å²) >= 11 is 6.65. The predicted molar refractivity (Wildman–Crippen MR) is 110 cm³/mol. The van der Waals surface area contributed by atoms with E-state index in [0.29, 0.717) is 0 Å². The topological polar surface area (TPSA) is 55.7 Å². The van der Waals surface area contributed by atoms with E-state index in [1.165, 1.54) is 12.1 Å². The molecule has 3 rings (SSSR count). The second kappa shape index (κ2) is 8.16. The molecule has 0 atom stereocenters. The maximum absolute atomic E-state index is 12.3. The molecule has 7 heteroatoms. The van der Waals surface area contributed by atoms with Crippen molar-refractivity contribution in [3.05, 3.63) is 87.3 Å². The summed E-state index contributed by atoms with van der Waals surface area (Å²) in [5, 5.41) is 0. The molecule has 0 aromatic heterocycles. The van der Waals surface area contributed by atoms with E-state index in [0.717, 1.165) is 20.2 Å². The fourth-order valence-corrected chi connectivity index (χ4v) is 3.52. The molecule has 0 aliphatic carbocycles. The Bertz CT molecular complexity index is 1010. The van der Waals surface area contributed by atoms with E-state index in [9.17, 15) is 8.42 Å². The standard InChI is InChI=1S/C19H13Br2NO3S/c20-15-3-7-17(8-4-15)22-13-14-1-9-18(10-2-14)25-26(23,24)19-11-5-16(21)6-12-19/h1-13H. The molecule has 3 aromatic rings. The summed E-state index contributed by atoms with van der Waals surface area (Å²) in [5.74, 6) is 0.244. The Balaban J connectivity index is 1.71. The van der Waals surface area contributed by atoms with Gasteiger partial charge in [-0.3, -0.25) is 4.99 Å². The van der Waals surface area contributed by atoms with Gasteiger partial charge in [0.1, 0.15) is 10.6 Å². The fraction of sp³-hybridized carbons (Fsp3) is 0. The van der Waals surface area contributed by atoms with Crippen molar-refractivity contribution >= 4 is 53.9 Å². The highest BCUT2D eigenvalue weighted by Gasteiger charge is 2.16. The van der Waals surface area contributed by atoms with Crippen LogP contribution in [0.2, 0.25) is 0 Å². The minimum atomic E-state index is -3.86. The maximum Gasteiger partial charge on any atom is 0.339 e. The number of hydrogen-bond donors (Lipinski definition) is 0. The lowest BCUT2D eigenvalue weighted by Crippen LogP contribution is -2.09. The van der Waals surface area contributed by atoms with Crippen molar-refractivity contribution in [1.29, 1.82) is 0 Å². The Labute approximate surface area is 168 Å². The normalized spacial score (nSPS) is 11.6. The molecule has 0 unspecified atom stereocenters. The molecule has 3 aromatic carbocycles. The molecule has 0 aliphatic heterocycles. The van der Waals surface area contributed by atoms with E-state index in [1.54, 1.807) is 42.6 Å². The zero-order chi connectivity index (χ0) is 18.6. The Morgan fingerprint density at radius 2 is 1.31 bits per heavy atom. The zero-order valence-corrected chi connectivity index (χ0v) is 17.3. The van der Waals surface area contributed by atoms with Crippen LogP contribution in [0.4, 0.5) is 5.69 Å². The van der Waals surface area contributed by atoms with Gasteiger partial charge in [0.05, 0.1) is 5.69 Å². The van der Waals surface area contributed by atoms with Crippen LogP contribution in [0.15, 0.2) is 91.6 Å². The molecule has 0 bridgehead atoms. The first-order valence-corrected chi connectivity index (χ1v) is 10.5. The molecular formula is C19H13Br2NO3S.